The molecule has 2 rings (SSSR count). The minimum Gasteiger partial charge on any atom is -0.478 e. The number of halogens is 2. The van der Waals surface area contributed by atoms with Crippen molar-refractivity contribution >= 4 is 11.6 Å². The van der Waals surface area contributed by atoms with Crippen molar-refractivity contribution < 1.29 is 18.3 Å². The molecular weight excluding hydrogens is 192 g/mol. The van der Waals surface area contributed by atoms with Crippen molar-refractivity contribution in [2.24, 2.45) is 0 Å². The average Bonchev–Trinajstić information content (AvgIpc) is 2.14. The summed E-state index contributed by atoms with van der Waals surface area (Å²) in [4.78, 5) is 10.9. The zero-order chi connectivity index (χ0) is 10.3. The van der Waals surface area contributed by atoms with Gasteiger partial charge in [0.25, 0.3) is 5.91 Å². The Hall–Kier alpha value is -1.65. The Bertz CT molecular complexity index is 418. The van der Waals surface area contributed by atoms with Gasteiger partial charge in [-0.3, -0.25) is 4.79 Å². The van der Waals surface area contributed by atoms with Crippen molar-refractivity contribution in [3.8, 4) is 5.75 Å². The van der Waals surface area contributed by atoms with Gasteiger partial charge in [-0.05, 0) is 18.6 Å². The van der Waals surface area contributed by atoms with Crippen LogP contribution in [0.3, 0.4) is 0 Å². The summed E-state index contributed by atoms with van der Waals surface area (Å²) in [7, 11) is 0. The molecule has 1 N–H and O–H groups in total. The smallest absolute Gasteiger partial charge is 0.262 e. The first-order valence-electron chi connectivity index (χ1n) is 4.01. The van der Waals surface area contributed by atoms with Crippen molar-refractivity contribution in [2.45, 2.75) is 6.92 Å². The molecule has 0 unspecified atom stereocenters. The molecule has 0 aromatic heterocycles. The Balaban J connectivity index is 2.59. The van der Waals surface area contributed by atoms with E-state index in [9.17, 15) is 13.6 Å². The molecule has 0 radical (unpaired) electrons. The molecule has 0 spiro atoms. The molecule has 1 aromatic rings. The number of hydrogen-bond donors (Lipinski definition) is 1. The normalized spacial score (nSPS) is 14.4. The highest BCUT2D eigenvalue weighted by Crippen LogP contribution is 2.33. The topological polar surface area (TPSA) is 38.3 Å². The lowest BCUT2D eigenvalue weighted by Crippen LogP contribution is -2.26. The van der Waals surface area contributed by atoms with Gasteiger partial charge >= 0.3 is 0 Å². The lowest BCUT2D eigenvalue weighted by molar-refractivity contribution is -0.118. The van der Waals surface area contributed by atoms with Crippen LogP contribution in [0.15, 0.2) is 6.07 Å². The first kappa shape index (κ1) is 8.93. The van der Waals surface area contributed by atoms with Gasteiger partial charge in [0.1, 0.15) is 0 Å². The molecule has 0 saturated carbocycles. The fourth-order valence-corrected chi connectivity index (χ4v) is 1.29. The number of hydrogen-bond acceptors (Lipinski definition) is 2. The number of carbonyl (C=O) groups excluding carboxylic acids is 1. The van der Waals surface area contributed by atoms with E-state index in [-0.39, 0.29) is 29.5 Å². The minimum atomic E-state index is -1.06. The number of ether oxygens (including phenoxy) is 1. The highest BCUT2D eigenvalue weighted by Gasteiger charge is 2.23. The Morgan fingerprint density at radius 3 is 2.86 bits per heavy atom. The summed E-state index contributed by atoms with van der Waals surface area (Å²) in [6.45, 7) is 1.13. The summed E-state index contributed by atoms with van der Waals surface area (Å²) < 4.78 is 31.0. The van der Waals surface area contributed by atoms with Crippen LogP contribution in [-0.2, 0) is 4.79 Å². The number of fused-ring (bicyclic) bond motifs is 1. The van der Waals surface area contributed by atoms with Crippen molar-refractivity contribution in [3.05, 3.63) is 23.3 Å². The van der Waals surface area contributed by atoms with E-state index < -0.39 is 11.6 Å². The van der Waals surface area contributed by atoms with Crippen LogP contribution in [-0.4, -0.2) is 12.5 Å². The van der Waals surface area contributed by atoms with Gasteiger partial charge in [-0.15, -0.1) is 0 Å². The summed E-state index contributed by atoms with van der Waals surface area (Å²) in [5.41, 5.74) is 0.310. The first-order chi connectivity index (χ1) is 6.59. The Morgan fingerprint density at radius 2 is 2.14 bits per heavy atom. The van der Waals surface area contributed by atoms with Crippen molar-refractivity contribution in [3.63, 3.8) is 0 Å². The van der Waals surface area contributed by atoms with Crippen LogP contribution in [0.2, 0.25) is 0 Å². The van der Waals surface area contributed by atoms with E-state index in [1.165, 1.54) is 13.0 Å². The van der Waals surface area contributed by atoms with Crippen LogP contribution in [0, 0.1) is 18.6 Å². The number of anilines is 1. The molecule has 0 saturated heterocycles. The quantitative estimate of drug-likeness (QED) is 0.689. The molecule has 3 nitrogen and oxygen atoms in total. The number of aryl methyl sites for hydroxylation is 1. The second-order valence-electron chi connectivity index (χ2n) is 3.03. The van der Waals surface area contributed by atoms with Gasteiger partial charge in [-0.25, -0.2) is 4.39 Å². The van der Waals surface area contributed by atoms with Crippen LogP contribution in [0.1, 0.15) is 5.56 Å². The summed E-state index contributed by atoms with van der Waals surface area (Å²) in [6, 6.07) is 1.34. The average molecular weight is 199 g/mol. The highest BCUT2D eigenvalue weighted by molar-refractivity contribution is 5.95. The van der Waals surface area contributed by atoms with Gasteiger partial charge in [0.05, 0.1) is 5.69 Å². The van der Waals surface area contributed by atoms with Crippen LogP contribution in [0.4, 0.5) is 14.5 Å². The number of rotatable bonds is 0. The maximum Gasteiger partial charge on any atom is 0.262 e. The molecule has 1 aliphatic heterocycles. The predicted molar refractivity (Wildman–Crippen MR) is 45.2 cm³/mol. The minimum absolute atomic E-state index is 0.132. The van der Waals surface area contributed by atoms with E-state index in [2.05, 4.69) is 5.32 Å². The largest absolute Gasteiger partial charge is 0.478 e. The molecular formula is C9H7F2NO2. The van der Waals surface area contributed by atoms with Crippen LogP contribution < -0.4 is 10.1 Å². The third-order valence-electron chi connectivity index (χ3n) is 1.97. The number of carbonyl (C=O) groups is 1. The Labute approximate surface area is 78.7 Å². The van der Waals surface area contributed by atoms with E-state index >= 15 is 0 Å². The number of nitrogens with one attached hydrogen (secondary N) is 1. The maximum absolute atomic E-state index is 13.2. The molecule has 1 aliphatic rings. The van der Waals surface area contributed by atoms with E-state index in [4.69, 9.17) is 4.74 Å². The summed E-state index contributed by atoms with van der Waals surface area (Å²) in [5.74, 6) is -2.60. The summed E-state index contributed by atoms with van der Waals surface area (Å²) in [5, 5.41) is 2.40. The fraction of sp³-hybridized carbons (Fsp3) is 0.222. The molecule has 14 heavy (non-hydrogen) atoms. The molecule has 0 aliphatic carbocycles. The van der Waals surface area contributed by atoms with Crippen molar-refractivity contribution in [1.29, 1.82) is 0 Å². The van der Waals surface area contributed by atoms with Crippen LogP contribution >= 0.6 is 0 Å². The molecule has 0 bridgehead atoms. The predicted octanol–water partition coefficient (Wildman–Crippen LogP) is 1.60. The first-order valence-corrected chi connectivity index (χ1v) is 4.01. The van der Waals surface area contributed by atoms with Crippen LogP contribution in [0.25, 0.3) is 0 Å². The lowest BCUT2D eigenvalue weighted by Gasteiger charge is -2.19. The van der Waals surface area contributed by atoms with Gasteiger partial charge in [-0.1, -0.05) is 0 Å². The van der Waals surface area contributed by atoms with E-state index in [0.717, 1.165) is 0 Å². The van der Waals surface area contributed by atoms with E-state index in [0.29, 0.717) is 0 Å². The fourth-order valence-electron chi connectivity index (χ4n) is 1.29. The number of amides is 1. The molecule has 1 heterocycles. The van der Waals surface area contributed by atoms with Gasteiger partial charge in [0, 0.05) is 0 Å². The maximum atomic E-state index is 13.2. The molecule has 0 fully saturated rings. The zero-order valence-electron chi connectivity index (χ0n) is 7.36. The monoisotopic (exact) mass is 199 g/mol. The Kier molecular flexibility index (Phi) is 1.87. The number of benzene rings is 1. The van der Waals surface area contributed by atoms with Crippen LogP contribution in [0.5, 0.6) is 5.75 Å². The van der Waals surface area contributed by atoms with E-state index in [1.807, 2.05) is 0 Å². The van der Waals surface area contributed by atoms with Crippen molar-refractivity contribution in [1.82, 2.24) is 0 Å². The van der Waals surface area contributed by atoms with Gasteiger partial charge in [0.15, 0.2) is 18.2 Å². The second kappa shape index (κ2) is 2.94. The molecule has 1 aromatic carbocycles. The van der Waals surface area contributed by atoms with Gasteiger partial charge in [0.2, 0.25) is 5.82 Å². The standard InChI is InChI=1S/C9H7F2NO2/c1-4-2-5-9(8(11)7(4)10)14-3-6(13)12-5/h2H,3H2,1H3,(H,12,13). The highest BCUT2D eigenvalue weighted by atomic mass is 19.2. The van der Waals surface area contributed by atoms with Gasteiger partial charge in [-0.2, -0.15) is 4.39 Å². The summed E-state index contributed by atoms with van der Waals surface area (Å²) >= 11 is 0. The molecule has 5 heteroatoms. The Morgan fingerprint density at radius 1 is 1.43 bits per heavy atom. The second-order valence-corrected chi connectivity index (χ2v) is 3.03. The van der Waals surface area contributed by atoms with Gasteiger partial charge < -0.3 is 10.1 Å². The SMILES string of the molecule is Cc1cc2c(c(F)c1F)OCC(=O)N2. The summed E-state index contributed by atoms with van der Waals surface area (Å²) in [6.07, 6.45) is 0. The third kappa shape index (κ3) is 1.21. The molecule has 1 amide bonds. The van der Waals surface area contributed by atoms with E-state index in [1.54, 1.807) is 0 Å². The third-order valence-corrected chi connectivity index (χ3v) is 1.97. The molecule has 74 valence electrons. The zero-order valence-corrected chi connectivity index (χ0v) is 7.36. The van der Waals surface area contributed by atoms with Crippen molar-refractivity contribution in [2.75, 3.05) is 11.9 Å². The molecule has 0 atom stereocenters. The lowest BCUT2D eigenvalue weighted by atomic mass is 10.1.